The van der Waals surface area contributed by atoms with Gasteiger partial charge in [-0.25, -0.2) is 8.78 Å². The summed E-state index contributed by atoms with van der Waals surface area (Å²) in [5.74, 6) is -0.635. The van der Waals surface area contributed by atoms with Gasteiger partial charge in [0.2, 0.25) is 5.91 Å². The van der Waals surface area contributed by atoms with Crippen LogP contribution in [0.25, 0.3) is 0 Å². The zero-order valence-corrected chi connectivity index (χ0v) is 13.7. The van der Waals surface area contributed by atoms with Crippen LogP contribution >= 0.6 is 0 Å². The first-order chi connectivity index (χ1) is 12.1. The van der Waals surface area contributed by atoms with Gasteiger partial charge in [0, 0.05) is 24.6 Å². The number of nitrogens with one attached hydrogen (secondary N) is 2. The SMILES string of the molecule is O=C(CCC1CCNC1)Nc1ccccc1Oc1cc(F)cc(F)c1. The Kier molecular flexibility index (Phi) is 5.60. The first-order valence-corrected chi connectivity index (χ1v) is 8.34. The molecule has 2 aromatic rings. The highest BCUT2D eigenvalue weighted by atomic mass is 19.1. The van der Waals surface area contributed by atoms with E-state index >= 15 is 0 Å². The average molecular weight is 346 g/mol. The van der Waals surface area contributed by atoms with Crippen LogP contribution in [-0.2, 0) is 4.79 Å². The van der Waals surface area contributed by atoms with E-state index in [9.17, 15) is 13.6 Å². The van der Waals surface area contributed by atoms with Crippen molar-refractivity contribution in [1.82, 2.24) is 5.32 Å². The molecule has 0 spiro atoms. The van der Waals surface area contributed by atoms with E-state index in [2.05, 4.69) is 10.6 Å². The van der Waals surface area contributed by atoms with E-state index < -0.39 is 11.6 Å². The van der Waals surface area contributed by atoms with Gasteiger partial charge in [0.15, 0.2) is 5.75 Å². The average Bonchev–Trinajstić information content (AvgIpc) is 3.07. The summed E-state index contributed by atoms with van der Waals surface area (Å²) in [5, 5.41) is 6.09. The number of para-hydroxylation sites is 2. The maximum absolute atomic E-state index is 13.3. The number of anilines is 1. The molecule has 0 aromatic heterocycles. The van der Waals surface area contributed by atoms with Crippen molar-refractivity contribution in [3.63, 3.8) is 0 Å². The third kappa shape index (κ3) is 5.00. The highest BCUT2D eigenvalue weighted by Crippen LogP contribution is 2.30. The van der Waals surface area contributed by atoms with Crippen molar-refractivity contribution in [2.45, 2.75) is 19.3 Å². The van der Waals surface area contributed by atoms with Gasteiger partial charge in [0.05, 0.1) is 5.69 Å². The topological polar surface area (TPSA) is 50.4 Å². The van der Waals surface area contributed by atoms with Crippen LogP contribution in [0.5, 0.6) is 11.5 Å². The van der Waals surface area contributed by atoms with E-state index in [0.717, 1.165) is 44.1 Å². The molecule has 0 saturated carbocycles. The van der Waals surface area contributed by atoms with Crippen LogP contribution in [0.3, 0.4) is 0 Å². The highest BCUT2D eigenvalue weighted by Gasteiger charge is 2.16. The Labute approximate surface area is 145 Å². The number of amides is 1. The molecule has 4 nitrogen and oxygen atoms in total. The molecule has 0 bridgehead atoms. The van der Waals surface area contributed by atoms with Crippen molar-refractivity contribution in [3.8, 4) is 11.5 Å². The first-order valence-electron chi connectivity index (χ1n) is 8.34. The minimum Gasteiger partial charge on any atom is -0.455 e. The Morgan fingerprint density at radius 2 is 1.96 bits per heavy atom. The van der Waals surface area contributed by atoms with Crippen LogP contribution in [0, 0.1) is 17.6 Å². The minimum absolute atomic E-state index is 0.0382. The van der Waals surface area contributed by atoms with Crippen LogP contribution < -0.4 is 15.4 Å². The summed E-state index contributed by atoms with van der Waals surface area (Å²) in [5.41, 5.74) is 0.474. The summed E-state index contributed by atoms with van der Waals surface area (Å²) in [6.07, 6.45) is 2.35. The summed E-state index contributed by atoms with van der Waals surface area (Å²) >= 11 is 0. The molecule has 132 valence electrons. The molecule has 2 aromatic carbocycles. The van der Waals surface area contributed by atoms with Crippen molar-refractivity contribution in [2.24, 2.45) is 5.92 Å². The Balaban J connectivity index is 1.64. The third-order valence-corrected chi connectivity index (χ3v) is 4.17. The van der Waals surface area contributed by atoms with Crippen LogP contribution in [0.4, 0.5) is 14.5 Å². The third-order valence-electron chi connectivity index (χ3n) is 4.17. The molecule has 3 rings (SSSR count). The molecule has 1 aliphatic heterocycles. The Hall–Kier alpha value is -2.47. The molecule has 0 radical (unpaired) electrons. The number of carbonyl (C=O) groups is 1. The molecule has 1 fully saturated rings. The van der Waals surface area contributed by atoms with Crippen molar-refractivity contribution in [1.29, 1.82) is 0 Å². The molecular formula is C19H20F2N2O2. The van der Waals surface area contributed by atoms with E-state index in [-0.39, 0.29) is 11.7 Å². The molecule has 2 N–H and O–H groups in total. The van der Waals surface area contributed by atoms with Crippen molar-refractivity contribution < 1.29 is 18.3 Å². The Morgan fingerprint density at radius 3 is 2.68 bits per heavy atom. The summed E-state index contributed by atoms with van der Waals surface area (Å²) in [6.45, 7) is 1.96. The van der Waals surface area contributed by atoms with Crippen LogP contribution in [0.15, 0.2) is 42.5 Å². The predicted molar refractivity (Wildman–Crippen MR) is 91.7 cm³/mol. The predicted octanol–water partition coefficient (Wildman–Crippen LogP) is 4.09. The number of hydrogen-bond donors (Lipinski definition) is 2. The van der Waals surface area contributed by atoms with Crippen molar-refractivity contribution in [3.05, 3.63) is 54.1 Å². The van der Waals surface area contributed by atoms with Crippen molar-refractivity contribution in [2.75, 3.05) is 18.4 Å². The lowest BCUT2D eigenvalue weighted by molar-refractivity contribution is -0.116. The van der Waals surface area contributed by atoms with Crippen LogP contribution in [0.1, 0.15) is 19.3 Å². The molecule has 1 heterocycles. The number of halogens is 2. The smallest absolute Gasteiger partial charge is 0.224 e. The zero-order chi connectivity index (χ0) is 17.6. The second-order valence-electron chi connectivity index (χ2n) is 6.15. The van der Waals surface area contributed by atoms with Crippen LogP contribution in [-0.4, -0.2) is 19.0 Å². The fourth-order valence-corrected chi connectivity index (χ4v) is 2.88. The summed E-state index contributed by atoms with van der Waals surface area (Å²) in [4.78, 5) is 12.2. The summed E-state index contributed by atoms with van der Waals surface area (Å²) in [6, 6.07) is 9.78. The maximum atomic E-state index is 13.3. The van der Waals surface area contributed by atoms with Gasteiger partial charge in [-0.1, -0.05) is 12.1 Å². The van der Waals surface area contributed by atoms with E-state index in [4.69, 9.17) is 4.74 Å². The molecule has 1 atom stereocenters. The standard InChI is InChI=1S/C19H20F2N2O2/c20-14-9-15(21)11-16(10-14)25-18-4-2-1-3-17(18)23-19(24)6-5-13-7-8-22-12-13/h1-4,9-11,13,22H,5-8,12H2,(H,23,24). The number of hydrogen-bond acceptors (Lipinski definition) is 3. The molecule has 1 aliphatic rings. The molecule has 0 aliphatic carbocycles. The van der Waals surface area contributed by atoms with Gasteiger partial charge in [-0.2, -0.15) is 0 Å². The normalized spacial score (nSPS) is 16.6. The van der Waals surface area contributed by atoms with Gasteiger partial charge in [0.1, 0.15) is 17.4 Å². The number of ether oxygens (including phenoxy) is 1. The van der Waals surface area contributed by atoms with E-state index in [1.165, 1.54) is 0 Å². The fourth-order valence-electron chi connectivity index (χ4n) is 2.88. The van der Waals surface area contributed by atoms with Gasteiger partial charge in [-0.15, -0.1) is 0 Å². The molecule has 1 unspecified atom stereocenters. The summed E-state index contributed by atoms with van der Waals surface area (Å²) < 4.78 is 32.1. The Morgan fingerprint density at radius 1 is 1.20 bits per heavy atom. The van der Waals surface area contributed by atoms with Gasteiger partial charge in [-0.05, 0) is 44.0 Å². The van der Waals surface area contributed by atoms with Gasteiger partial charge in [-0.3, -0.25) is 4.79 Å². The number of rotatable bonds is 6. The second kappa shape index (κ2) is 8.07. The van der Waals surface area contributed by atoms with Crippen LogP contribution in [0.2, 0.25) is 0 Å². The zero-order valence-electron chi connectivity index (χ0n) is 13.7. The molecular weight excluding hydrogens is 326 g/mol. The number of carbonyl (C=O) groups excluding carboxylic acids is 1. The van der Waals surface area contributed by atoms with Gasteiger partial charge in [0.25, 0.3) is 0 Å². The van der Waals surface area contributed by atoms with E-state index in [1.54, 1.807) is 24.3 Å². The summed E-state index contributed by atoms with van der Waals surface area (Å²) in [7, 11) is 0. The molecule has 1 amide bonds. The monoisotopic (exact) mass is 346 g/mol. The lowest BCUT2D eigenvalue weighted by Gasteiger charge is -2.13. The second-order valence-corrected chi connectivity index (χ2v) is 6.15. The van der Waals surface area contributed by atoms with Gasteiger partial charge >= 0.3 is 0 Å². The molecule has 1 saturated heterocycles. The quantitative estimate of drug-likeness (QED) is 0.828. The Bertz CT molecular complexity index is 726. The number of benzene rings is 2. The van der Waals surface area contributed by atoms with Gasteiger partial charge < -0.3 is 15.4 Å². The van der Waals surface area contributed by atoms with E-state index in [0.29, 0.717) is 23.8 Å². The molecule has 25 heavy (non-hydrogen) atoms. The lowest BCUT2D eigenvalue weighted by atomic mass is 10.0. The first kappa shape index (κ1) is 17.4. The largest absolute Gasteiger partial charge is 0.455 e. The highest BCUT2D eigenvalue weighted by molar-refractivity contribution is 5.92. The van der Waals surface area contributed by atoms with E-state index in [1.807, 2.05) is 0 Å². The maximum Gasteiger partial charge on any atom is 0.224 e. The van der Waals surface area contributed by atoms with Crippen molar-refractivity contribution >= 4 is 11.6 Å². The minimum atomic E-state index is -0.721. The fraction of sp³-hybridized carbons (Fsp3) is 0.316. The lowest BCUT2D eigenvalue weighted by Crippen LogP contribution is -2.15. The molecule has 6 heteroatoms.